The van der Waals surface area contributed by atoms with Crippen molar-refractivity contribution in [2.45, 2.75) is 32.8 Å². The Hall–Kier alpha value is -1.58. The minimum absolute atomic E-state index is 0.238. The van der Waals surface area contributed by atoms with E-state index in [1.54, 1.807) is 12.1 Å². The molecule has 0 saturated carbocycles. The van der Waals surface area contributed by atoms with Crippen LogP contribution in [0.2, 0.25) is 0 Å². The Morgan fingerprint density at radius 1 is 1.24 bits per heavy atom. The Labute approximate surface area is 102 Å². The molecule has 4 heteroatoms. The van der Waals surface area contributed by atoms with Crippen LogP contribution in [0.1, 0.15) is 27.2 Å². The summed E-state index contributed by atoms with van der Waals surface area (Å²) in [7, 11) is 0. The van der Waals surface area contributed by atoms with E-state index in [0.29, 0.717) is 36.1 Å². The summed E-state index contributed by atoms with van der Waals surface area (Å²) in [6, 6.07) is 3.57. The van der Waals surface area contributed by atoms with Gasteiger partial charge in [-0.3, -0.25) is 0 Å². The number of fused-ring (bicyclic) bond motifs is 1. The van der Waals surface area contributed by atoms with Crippen molar-refractivity contribution in [3.63, 3.8) is 0 Å². The molecule has 2 N–H and O–H groups in total. The zero-order chi connectivity index (χ0) is 12.5. The fraction of sp³-hybridized carbons (Fsp3) is 0.538. The summed E-state index contributed by atoms with van der Waals surface area (Å²) in [4.78, 5) is 0. The topological polar surface area (TPSA) is 53.7 Å². The van der Waals surface area contributed by atoms with Gasteiger partial charge in [-0.2, -0.15) is 0 Å². The molecule has 1 aliphatic heterocycles. The first-order valence-electron chi connectivity index (χ1n) is 5.90. The second kappa shape index (κ2) is 4.35. The van der Waals surface area contributed by atoms with E-state index in [1.165, 1.54) is 0 Å². The van der Waals surface area contributed by atoms with Gasteiger partial charge in [0.15, 0.2) is 11.5 Å². The normalized spacial score (nSPS) is 14.5. The zero-order valence-corrected chi connectivity index (χ0v) is 10.6. The minimum Gasteiger partial charge on any atom is -0.486 e. The van der Waals surface area contributed by atoms with Crippen molar-refractivity contribution in [1.82, 2.24) is 0 Å². The maximum atomic E-state index is 5.95. The van der Waals surface area contributed by atoms with E-state index < -0.39 is 0 Å². The molecule has 2 rings (SSSR count). The predicted octanol–water partition coefficient (Wildman–Crippen LogP) is 2.61. The Morgan fingerprint density at radius 3 is 2.41 bits per heavy atom. The van der Waals surface area contributed by atoms with Gasteiger partial charge in [0.05, 0.1) is 5.69 Å². The largest absolute Gasteiger partial charge is 0.486 e. The lowest BCUT2D eigenvalue weighted by molar-refractivity contribution is 0.104. The number of nitrogen functional groups attached to an aromatic ring is 1. The van der Waals surface area contributed by atoms with E-state index >= 15 is 0 Å². The third-order valence-electron chi connectivity index (χ3n) is 2.91. The second-order valence-electron chi connectivity index (χ2n) is 4.75. The predicted molar refractivity (Wildman–Crippen MR) is 66.8 cm³/mol. The van der Waals surface area contributed by atoms with Gasteiger partial charge in [-0.1, -0.05) is 6.92 Å². The summed E-state index contributed by atoms with van der Waals surface area (Å²) >= 11 is 0. The van der Waals surface area contributed by atoms with Crippen LogP contribution < -0.4 is 19.9 Å². The van der Waals surface area contributed by atoms with Crippen LogP contribution in [0.15, 0.2) is 12.1 Å². The quantitative estimate of drug-likeness (QED) is 0.821. The lowest BCUT2D eigenvalue weighted by Crippen LogP contribution is -2.27. The average Bonchev–Trinajstić information content (AvgIpc) is 2.30. The molecule has 0 amide bonds. The van der Waals surface area contributed by atoms with Crippen LogP contribution in [0.5, 0.6) is 17.2 Å². The monoisotopic (exact) mass is 237 g/mol. The molecular formula is C13H19NO3. The second-order valence-corrected chi connectivity index (χ2v) is 4.75. The van der Waals surface area contributed by atoms with Crippen LogP contribution in [0.4, 0.5) is 5.69 Å². The molecule has 1 aromatic rings. The highest BCUT2D eigenvalue weighted by Gasteiger charge is 2.21. The highest BCUT2D eigenvalue weighted by Crippen LogP contribution is 2.39. The average molecular weight is 237 g/mol. The highest BCUT2D eigenvalue weighted by atomic mass is 16.6. The van der Waals surface area contributed by atoms with Gasteiger partial charge < -0.3 is 19.9 Å². The first kappa shape index (κ1) is 11.9. The molecule has 0 unspecified atom stereocenters. The molecule has 94 valence electrons. The molecule has 0 spiro atoms. The Bertz CT molecular complexity index is 415. The number of anilines is 1. The van der Waals surface area contributed by atoms with E-state index in [2.05, 4.69) is 6.92 Å². The smallest absolute Gasteiger partial charge is 0.165 e. The van der Waals surface area contributed by atoms with Crippen LogP contribution in [-0.4, -0.2) is 18.8 Å². The third kappa shape index (κ3) is 2.57. The first-order valence-corrected chi connectivity index (χ1v) is 5.90. The van der Waals surface area contributed by atoms with E-state index in [-0.39, 0.29) is 5.60 Å². The van der Waals surface area contributed by atoms with Gasteiger partial charge in [-0.25, -0.2) is 0 Å². The van der Waals surface area contributed by atoms with Crippen molar-refractivity contribution >= 4 is 5.69 Å². The molecular weight excluding hydrogens is 218 g/mol. The van der Waals surface area contributed by atoms with Crippen molar-refractivity contribution in [3.05, 3.63) is 12.1 Å². The molecule has 17 heavy (non-hydrogen) atoms. The fourth-order valence-corrected chi connectivity index (χ4v) is 1.54. The van der Waals surface area contributed by atoms with Crippen LogP contribution in [0.25, 0.3) is 0 Å². The van der Waals surface area contributed by atoms with Crippen molar-refractivity contribution < 1.29 is 14.2 Å². The molecule has 4 nitrogen and oxygen atoms in total. The highest BCUT2D eigenvalue weighted by molar-refractivity contribution is 5.62. The van der Waals surface area contributed by atoms with Gasteiger partial charge in [-0.15, -0.1) is 0 Å². The zero-order valence-electron chi connectivity index (χ0n) is 10.6. The molecule has 0 aliphatic carbocycles. The summed E-state index contributed by atoms with van der Waals surface area (Å²) in [5.41, 5.74) is 6.29. The lowest BCUT2D eigenvalue weighted by Gasteiger charge is -2.27. The summed E-state index contributed by atoms with van der Waals surface area (Å²) in [6.07, 6.45) is 0.904. The van der Waals surface area contributed by atoms with E-state index in [4.69, 9.17) is 19.9 Å². The third-order valence-corrected chi connectivity index (χ3v) is 2.91. The van der Waals surface area contributed by atoms with Crippen molar-refractivity contribution in [2.75, 3.05) is 18.9 Å². The Kier molecular flexibility index (Phi) is 3.05. The van der Waals surface area contributed by atoms with Gasteiger partial charge in [0.25, 0.3) is 0 Å². The van der Waals surface area contributed by atoms with Crippen LogP contribution in [0.3, 0.4) is 0 Å². The van der Waals surface area contributed by atoms with Gasteiger partial charge in [0, 0.05) is 12.1 Å². The van der Waals surface area contributed by atoms with Crippen LogP contribution >= 0.6 is 0 Å². The first-order chi connectivity index (χ1) is 8.02. The maximum Gasteiger partial charge on any atom is 0.165 e. The van der Waals surface area contributed by atoms with Gasteiger partial charge >= 0.3 is 0 Å². The molecule has 0 atom stereocenters. The SMILES string of the molecule is CCC(C)(C)Oc1cc2c(cc1N)OCCO2. The number of rotatable bonds is 3. The number of hydrogen-bond acceptors (Lipinski definition) is 4. The standard InChI is InChI=1S/C13H19NO3/c1-4-13(2,3)17-10-8-12-11(7-9(10)14)15-5-6-16-12/h7-8H,4-6,14H2,1-3H3. The molecule has 1 aromatic carbocycles. The van der Waals surface area contributed by atoms with Crippen LogP contribution in [-0.2, 0) is 0 Å². The molecule has 0 aromatic heterocycles. The lowest BCUT2D eigenvalue weighted by atomic mass is 10.1. The van der Waals surface area contributed by atoms with Crippen molar-refractivity contribution in [1.29, 1.82) is 0 Å². The molecule has 0 bridgehead atoms. The summed E-state index contributed by atoms with van der Waals surface area (Å²) < 4.78 is 16.8. The molecule has 1 aliphatic rings. The molecule has 0 saturated heterocycles. The molecule has 0 radical (unpaired) electrons. The molecule has 1 heterocycles. The van der Waals surface area contributed by atoms with E-state index in [9.17, 15) is 0 Å². The van der Waals surface area contributed by atoms with Crippen molar-refractivity contribution in [2.24, 2.45) is 0 Å². The minimum atomic E-state index is -0.238. The van der Waals surface area contributed by atoms with Gasteiger partial charge in [0.1, 0.15) is 24.6 Å². The summed E-state index contributed by atoms with van der Waals surface area (Å²) in [5.74, 6) is 2.05. The van der Waals surface area contributed by atoms with E-state index in [0.717, 1.165) is 6.42 Å². The fourth-order valence-electron chi connectivity index (χ4n) is 1.54. The number of benzene rings is 1. The number of ether oxygens (including phenoxy) is 3. The Morgan fingerprint density at radius 2 is 1.82 bits per heavy atom. The number of nitrogens with two attached hydrogens (primary N) is 1. The van der Waals surface area contributed by atoms with E-state index in [1.807, 2.05) is 13.8 Å². The van der Waals surface area contributed by atoms with Crippen molar-refractivity contribution in [3.8, 4) is 17.2 Å². The van der Waals surface area contributed by atoms with Crippen LogP contribution in [0, 0.1) is 0 Å². The number of hydrogen-bond donors (Lipinski definition) is 1. The maximum absolute atomic E-state index is 5.95. The van der Waals surface area contributed by atoms with Gasteiger partial charge in [-0.05, 0) is 20.3 Å². The molecule has 0 fully saturated rings. The summed E-state index contributed by atoms with van der Waals surface area (Å²) in [5, 5.41) is 0. The summed E-state index contributed by atoms with van der Waals surface area (Å²) in [6.45, 7) is 7.27. The van der Waals surface area contributed by atoms with Gasteiger partial charge in [0.2, 0.25) is 0 Å². The Balaban J connectivity index is 2.29.